The normalized spacial score (nSPS) is 19.1. The maximum atomic E-state index is 9.36. The van der Waals surface area contributed by atoms with Crippen molar-refractivity contribution in [2.24, 2.45) is 0 Å². The fraction of sp³-hybridized carbons (Fsp3) is 0.667. The second kappa shape index (κ2) is 6.92. The van der Waals surface area contributed by atoms with Gasteiger partial charge in [-0.05, 0) is 31.4 Å². The monoisotopic (exact) mass is 262 g/mol. The molecule has 0 aromatic carbocycles. The van der Waals surface area contributed by atoms with E-state index in [1.807, 2.05) is 0 Å². The molecule has 1 aromatic rings. The van der Waals surface area contributed by atoms with Crippen molar-refractivity contribution in [3.8, 4) is 6.07 Å². The molecule has 1 atom stereocenters. The van der Waals surface area contributed by atoms with Crippen molar-refractivity contribution >= 4 is 11.3 Å². The summed E-state index contributed by atoms with van der Waals surface area (Å²) in [6, 6.07) is 7.11. The third kappa shape index (κ3) is 3.57. The van der Waals surface area contributed by atoms with Crippen molar-refractivity contribution in [3.63, 3.8) is 0 Å². The molecule has 3 heteroatoms. The first-order valence-corrected chi connectivity index (χ1v) is 7.89. The first-order chi connectivity index (χ1) is 8.83. The van der Waals surface area contributed by atoms with Crippen LogP contribution >= 0.6 is 11.3 Å². The first kappa shape index (κ1) is 13.6. The topological polar surface area (TPSA) is 35.8 Å². The van der Waals surface area contributed by atoms with Crippen molar-refractivity contribution in [2.75, 3.05) is 0 Å². The van der Waals surface area contributed by atoms with Gasteiger partial charge in [-0.1, -0.05) is 32.6 Å². The highest BCUT2D eigenvalue weighted by molar-refractivity contribution is 7.12. The Bertz CT molecular complexity index is 397. The van der Waals surface area contributed by atoms with E-state index in [4.69, 9.17) is 0 Å². The van der Waals surface area contributed by atoms with Crippen LogP contribution in [0.25, 0.3) is 0 Å². The van der Waals surface area contributed by atoms with E-state index in [9.17, 15) is 5.26 Å². The fourth-order valence-corrected chi connectivity index (χ4v) is 3.56. The summed E-state index contributed by atoms with van der Waals surface area (Å²) in [6.45, 7) is 2.16. The number of rotatable bonds is 4. The van der Waals surface area contributed by atoms with Gasteiger partial charge in [0.25, 0.3) is 0 Å². The Morgan fingerprint density at radius 2 is 2.06 bits per heavy atom. The SMILES string of the molecule is CCc1ccc(C(C#N)NC2CCCCCC2)s1. The molecule has 0 spiro atoms. The van der Waals surface area contributed by atoms with Gasteiger partial charge in [0.2, 0.25) is 0 Å². The Balaban J connectivity index is 1.98. The predicted octanol–water partition coefficient (Wildman–Crippen LogP) is 4.19. The Morgan fingerprint density at radius 1 is 1.33 bits per heavy atom. The number of nitrogens with zero attached hydrogens (tertiary/aromatic N) is 1. The lowest BCUT2D eigenvalue weighted by Crippen LogP contribution is -2.31. The maximum absolute atomic E-state index is 9.36. The lowest BCUT2D eigenvalue weighted by atomic mass is 10.1. The average molecular weight is 262 g/mol. The van der Waals surface area contributed by atoms with Crippen molar-refractivity contribution in [2.45, 2.75) is 64.0 Å². The highest BCUT2D eigenvalue weighted by atomic mass is 32.1. The van der Waals surface area contributed by atoms with E-state index >= 15 is 0 Å². The molecule has 0 bridgehead atoms. The lowest BCUT2D eigenvalue weighted by Gasteiger charge is -2.19. The van der Waals surface area contributed by atoms with Gasteiger partial charge in [-0.3, -0.25) is 5.32 Å². The molecule has 0 radical (unpaired) electrons. The van der Waals surface area contributed by atoms with E-state index < -0.39 is 0 Å². The van der Waals surface area contributed by atoms with E-state index in [-0.39, 0.29) is 6.04 Å². The van der Waals surface area contributed by atoms with Crippen LogP contribution in [-0.4, -0.2) is 6.04 Å². The second-order valence-electron chi connectivity index (χ2n) is 5.07. The van der Waals surface area contributed by atoms with Crippen molar-refractivity contribution in [3.05, 3.63) is 21.9 Å². The molecule has 1 saturated carbocycles. The fourth-order valence-electron chi connectivity index (χ4n) is 2.60. The Morgan fingerprint density at radius 3 is 2.61 bits per heavy atom. The largest absolute Gasteiger partial charge is 0.295 e. The summed E-state index contributed by atoms with van der Waals surface area (Å²) in [5, 5.41) is 12.9. The van der Waals surface area contributed by atoms with Gasteiger partial charge in [-0.2, -0.15) is 5.26 Å². The van der Waals surface area contributed by atoms with Gasteiger partial charge in [0.15, 0.2) is 0 Å². The van der Waals surface area contributed by atoms with Crippen LogP contribution in [0.5, 0.6) is 0 Å². The van der Waals surface area contributed by atoms with Crippen LogP contribution in [0.15, 0.2) is 12.1 Å². The van der Waals surface area contributed by atoms with Crippen LogP contribution in [-0.2, 0) is 6.42 Å². The Hall–Kier alpha value is -0.850. The van der Waals surface area contributed by atoms with Crippen LogP contribution in [0.4, 0.5) is 0 Å². The third-order valence-electron chi connectivity index (χ3n) is 3.70. The van der Waals surface area contributed by atoms with Gasteiger partial charge in [-0.25, -0.2) is 0 Å². The smallest absolute Gasteiger partial charge is 0.130 e. The number of hydrogen-bond acceptors (Lipinski definition) is 3. The summed E-state index contributed by atoms with van der Waals surface area (Å²) < 4.78 is 0. The van der Waals surface area contributed by atoms with Crippen molar-refractivity contribution < 1.29 is 0 Å². The van der Waals surface area contributed by atoms with Crippen LogP contribution < -0.4 is 5.32 Å². The minimum Gasteiger partial charge on any atom is -0.295 e. The molecular formula is C15H22N2S. The third-order valence-corrected chi connectivity index (χ3v) is 5.00. The molecule has 1 aromatic heterocycles. The minimum atomic E-state index is -0.113. The van der Waals surface area contributed by atoms with Crippen LogP contribution in [0.1, 0.15) is 61.2 Å². The zero-order valence-corrected chi connectivity index (χ0v) is 11.9. The zero-order valence-electron chi connectivity index (χ0n) is 11.1. The van der Waals surface area contributed by atoms with E-state index in [2.05, 4.69) is 30.4 Å². The van der Waals surface area contributed by atoms with Crippen molar-refractivity contribution in [1.82, 2.24) is 5.32 Å². The summed E-state index contributed by atoms with van der Waals surface area (Å²) in [4.78, 5) is 2.55. The summed E-state index contributed by atoms with van der Waals surface area (Å²) in [6.07, 6.45) is 8.84. The minimum absolute atomic E-state index is 0.113. The molecule has 1 fully saturated rings. The molecule has 18 heavy (non-hydrogen) atoms. The Kier molecular flexibility index (Phi) is 5.22. The summed E-state index contributed by atoms with van der Waals surface area (Å²) in [5.74, 6) is 0. The van der Waals surface area contributed by atoms with E-state index in [0.29, 0.717) is 6.04 Å². The highest BCUT2D eigenvalue weighted by Crippen LogP contribution is 2.26. The molecule has 0 saturated heterocycles. The lowest BCUT2D eigenvalue weighted by molar-refractivity contribution is 0.439. The average Bonchev–Trinajstić information content (AvgIpc) is 2.73. The molecule has 1 unspecified atom stereocenters. The summed E-state index contributed by atoms with van der Waals surface area (Å²) in [7, 11) is 0. The van der Waals surface area contributed by atoms with Gasteiger partial charge in [0.05, 0.1) is 6.07 Å². The number of thiophene rings is 1. The number of nitrogens with one attached hydrogen (secondary N) is 1. The van der Waals surface area contributed by atoms with Crippen molar-refractivity contribution in [1.29, 1.82) is 5.26 Å². The second-order valence-corrected chi connectivity index (χ2v) is 6.27. The standard InChI is InChI=1S/C15H22N2S/c1-2-13-9-10-15(18-13)14(11-16)17-12-7-5-3-4-6-8-12/h9-10,12,14,17H,2-8H2,1H3. The summed E-state index contributed by atoms with van der Waals surface area (Å²) in [5.41, 5.74) is 0. The van der Waals surface area contributed by atoms with Gasteiger partial charge >= 0.3 is 0 Å². The zero-order chi connectivity index (χ0) is 12.8. The summed E-state index contributed by atoms with van der Waals surface area (Å²) >= 11 is 1.77. The van der Waals surface area contributed by atoms with E-state index in [1.54, 1.807) is 11.3 Å². The van der Waals surface area contributed by atoms with E-state index in [0.717, 1.165) is 6.42 Å². The number of nitriles is 1. The molecule has 98 valence electrons. The highest BCUT2D eigenvalue weighted by Gasteiger charge is 2.19. The van der Waals surface area contributed by atoms with Gasteiger partial charge in [0, 0.05) is 15.8 Å². The molecule has 1 heterocycles. The first-order valence-electron chi connectivity index (χ1n) is 7.07. The molecule has 1 N–H and O–H groups in total. The number of hydrogen-bond donors (Lipinski definition) is 1. The van der Waals surface area contributed by atoms with Crippen LogP contribution in [0.3, 0.4) is 0 Å². The van der Waals surface area contributed by atoms with Gasteiger partial charge in [0.1, 0.15) is 6.04 Å². The molecule has 2 nitrogen and oxygen atoms in total. The molecular weight excluding hydrogens is 240 g/mol. The van der Waals surface area contributed by atoms with E-state index in [1.165, 1.54) is 48.3 Å². The van der Waals surface area contributed by atoms with Gasteiger partial charge in [-0.15, -0.1) is 11.3 Å². The molecule has 0 amide bonds. The maximum Gasteiger partial charge on any atom is 0.130 e. The quantitative estimate of drug-likeness (QED) is 0.826. The molecule has 2 rings (SSSR count). The molecule has 0 aliphatic heterocycles. The molecule has 1 aliphatic carbocycles. The van der Waals surface area contributed by atoms with Crippen LogP contribution in [0.2, 0.25) is 0 Å². The molecule has 1 aliphatic rings. The Labute approximate surface area is 114 Å². The van der Waals surface area contributed by atoms with Crippen LogP contribution in [0, 0.1) is 11.3 Å². The van der Waals surface area contributed by atoms with Gasteiger partial charge < -0.3 is 0 Å². The predicted molar refractivity (Wildman–Crippen MR) is 76.7 cm³/mol. The number of aryl methyl sites for hydroxylation is 1.